The second-order valence-corrected chi connectivity index (χ2v) is 6.49. The van der Waals surface area contributed by atoms with Crippen LogP contribution in [0.2, 0.25) is 0 Å². The molecular formula is C15H21ClN2O2. The molecule has 0 atom stereocenters. The zero-order valence-corrected chi connectivity index (χ0v) is 12.8. The van der Waals surface area contributed by atoms with Crippen molar-refractivity contribution in [3.63, 3.8) is 0 Å². The van der Waals surface area contributed by atoms with Crippen molar-refractivity contribution in [1.29, 1.82) is 0 Å². The number of nitro benzene ring substituents is 1. The molecule has 1 aliphatic heterocycles. The van der Waals surface area contributed by atoms with Crippen LogP contribution in [0.25, 0.3) is 0 Å². The first kappa shape index (κ1) is 15.1. The maximum atomic E-state index is 11.3. The van der Waals surface area contributed by atoms with E-state index in [1.165, 1.54) is 0 Å². The standard InChI is InChI=1S/C15H21ClN2O2/c1-15(2)6-3-8-17(9-7-15)13-5-4-12(11-16)10-14(13)18(19)20/h4-5,10H,3,6-9,11H2,1-2H3. The third kappa shape index (κ3) is 3.42. The van der Waals surface area contributed by atoms with Gasteiger partial charge < -0.3 is 4.90 Å². The molecule has 0 aliphatic carbocycles. The highest BCUT2D eigenvalue weighted by atomic mass is 35.5. The minimum atomic E-state index is -0.304. The monoisotopic (exact) mass is 296 g/mol. The Morgan fingerprint density at radius 1 is 1.35 bits per heavy atom. The van der Waals surface area contributed by atoms with Gasteiger partial charge in [-0.3, -0.25) is 10.1 Å². The van der Waals surface area contributed by atoms with E-state index in [-0.39, 0.29) is 10.6 Å². The van der Waals surface area contributed by atoms with Crippen molar-refractivity contribution in [1.82, 2.24) is 0 Å². The molecule has 0 amide bonds. The van der Waals surface area contributed by atoms with Gasteiger partial charge in [0.15, 0.2) is 0 Å². The zero-order valence-electron chi connectivity index (χ0n) is 12.1. The third-order valence-electron chi connectivity index (χ3n) is 4.07. The van der Waals surface area contributed by atoms with Gasteiger partial charge in [0.05, 0.1) is 4.92 Å². The number of hydrogen-bond donors (Lipinski definition) is 0. The summed E-state index contributed by atoms with van der Waals surface area (Å²) >= 11 is 5.77. The minimum Gasteiger partial charge on any atom is -0.366 e. The first-order valence-corrected chi connectivity index (χ1v) is 7.55. The van der Waals surface area contributed by atoms with Crippen LogP contribution in [0.4, 0.5) is 11.4 Å². The number of benzene rings is 1. The molecule has 1 saturated heterocycles. The Bertz CT molecular complexity index is 503. The molecule has 0 unspecified atom stereocenters. The van der Waals surface area contributed by atoms with E-state index in [2.05, 4.69) is 18.7 Å². The molecule has 0 aromatic heterocycles. The first-order chi connectivity index (χ1) is 9.43. The van der Waals surface area contributed by atoms with Gasteiger partial charge in [-0.15, -0.1) is 11.6 Å². The van der Waals surface area contributed by atoms with Gasteiger partial charge in [-0.05, 0) is 36.3 Å². The summed E-state index contributed by atoms with van der Waals surface area (Å²) in [5, 5.41) is 11.3. The molecule has 1 aromatic carbocycles. The van der Waals surface area contributed by atoms with Crippen LogP contribution in [0, 0.1) is 15.5 Å². The molecule has 20 heavy (non-hydrogen) atoms. The van der Waals surface area contributed by atoms with Crippen LogP contribution in [-0.4, -0.2) is 18.0 Å². The molecule has 1 fully saturated rings. The van der Waals surface area contributed by atoms with E-state index >= 15 is 0 Å². The summed E-state index contributed by atoms with van der Waals surface area (Å²) in [5.41, 5.74) is 2.00. The second kappa shape index (κ2) is 6.00. The molecule has 1 heterocycles. The number of rotatable bonds is 3. The lowest BCUT2D eigenvalue weighted by atomic mass is 9.85. The van der Waals surface area contributed by atoms with Gasteiger partial charge in [0.25, 0.3) is 5.69 Å². The lowest BCUT2D eigenvalue weighted by Crippen LogP contribution is -2.25. The Morgan fingerprint density at radius 3 is 2.75 bits per heavy atom. The van der Waals surface area contributed by atoms with E-state index in [1.54, 1.807) is 6.07 Å². The largest absolute Gasteiger partial charge is 0.366 e. The van der Waals surface area contributed by atoms with Crippen molar-refractivity contribution in [2.75, 3.05) is 18.0 Å². The Morgan fingerprint density at radius 2 is 2.10 bits per heavy atom. The van der Waals surface area contributed by atoms with Gasteiger partial charge >= 0.3 is 0 Å². The van der Waals surface area contributed by atoms with E-state index in [1.807, 2.05) is 12.1 Å². The summed E-state index contributed by atoms with van der Waals surface area (Å²) in [6.45, 7) is 6.28. The van der Waals surface area contributed by atoms with Crippen LogP contribution in [0.15, 0.2) is 18.2 Å². The van der Waals surface area contributed by atoms with E-state index in [9.17, 15) is 10.1 Å². The van der Waals surface area contributed by atoms with Crippen LogP contribution in [-0.2, 0) is 5.88 Å². The number of alkyl halides is 1. The topological polar surface area (TPSA) is 46.4 Å². The van der Waals surface area contributed by atoms with Crippen molar-refractivity contribution in [2.24, 2.45) is 5.41 Å². The van der Waals surface area contributed by atoms with Gasteiger partial charge in [0.2, 0.25) is 0 Å². The molecule has 1 aliphatic rings. The van der Waals surface area contributed by atoms with E-state index in [0.717, 1.165) is 43.6 Å². The van der Waals surface area contributed by atoms with Crippen molar-refractivity contribution in [3.8, 4) is 0 Å². The van der Waals surface area contributed by atoms with E-state index in [4.69, 9.17) is 11.6 Å². The van der Waals surface area contributed by atoms with Crippen molar-refractivity contribution < 1.29 is 4.92 Å². The van der Waals surface area contributed by atoms with Gasteiger partial charge in [0, 0.05) is 25.0 Å². The summed E-state index contributed by atoms with van der Waals surface area (Å²) in [6, 6.07) is 5.32. The first-order valence-electron chi connectivity index (χ1n) is 7.01. The zero-order chi connectivity index (χ0) is 14.8. The minimum absolute atomic E-state index is 0.169. The fourth-order valence-corrected chi connectivity index (χ4v) is 2.90. The van der Waals surface area contributed by atoms with Crippen LogP contribution in [0.5, 0.6) is 0 Å². The normalized spacial score (nSPS) is 18.6. The van der Waals surface area contributed by atoms with Crippen LogP contribution in [0.1, 0.15) is 38.7 Å². The van der Waals surface area contributed by atoms with Crippen LogP contribution >= 0.6 is 11.6 Å². The molecule has 0 radical (unpaired) electrons. The van der Waals surface area contributed by atoms with Gasteiger partial charge in [0.1, 0.15) is 5.69 Å². The lowest BCUT2D eigenvalue weighted by molar-refractivity contribution is -0.384. The van der Waals surface area contributed by atoms with Crippen molar-refractivity contribution >= 4 is 23.0 Å². The predicted octanol–water partition coefficient (Wildman–Crippen LogP) is 4.35. The van der Waals surface area contributed by atoms with E-state index < -0.39 is 0 Å². The average molecular weight is 297 g/mol. The fraction of sp³-hybridized carbons (Fsp3) is 0.600. The molecule has 0 saturated carbocycles. The van der Waals surface area contributed by atoms with Gasteiger partial charge in [-0.1, -0.05) is 19.9 Å². The molecule has 4 nitrogen and oxygen atoms in total. The molecule has 0 N–H and O–H groups in total. The van der Waals surface area contributed by atoms with Crippen LogP contribution < -0.4 is 4.90 Å². The smallest absolute Gasteiger partial charge is 0.292 e. The highest BCUT2D eigenvalue weighted by Crippen LogP contribution is 2.35. The Balaban J connectivity index is 2.29. The highest BCUT2D eigenvalue weighted by molar-refractivity contribution is 6.17. The molecular weight excluding hydrogens is 276 g/mol. The Kier molecular flexibility index (Phi) is 4.53. The maximum absolute atomic E-state index is 11.3. The Hall–Kier alpha value is -1.29. The quantitative estimate of drug-likeness (QED) is 0.473. The lowest BCUT2D eigenvalue weighted by Gasteiger charge is -2.24. The summed E-state index contributed by atoms with van der Waals surface area (Å²) in [7, 11) is 0. The fourth-order valence-electron chi connectivity index (χ4n) is 2.73. The second-order valence-electron chi connectivity index (χ2n) is 6.22. The molecule has 0 spiro atoms. The number of halogens is 1. The summed E-state index contributed by atoms with van der Waals surface area (Å²) in [5.74, 6) is 0.300. The third-order valence-corrected chi connectivity index (χ3v) is 4.38. The summed E-state index contributed by atoms with van der Waals surface area (Å²) < 4.78 is 0. The van der Waals surface area contributed by atoms with Gasteiger partial charge in [-0.2, -0.15) is 0 Å². The number of nitrogens with zero attached hydrogens (tertiary/aromatic N) is 2. The molecule has 1 aromatic rings. The van der Waals surface area contributed by atoms with Gasteiger partial charge in [-0.25, -0.2) is 0 Å². The average Bonchev–Trinajstić information content (AvgIpc) is 2.59. The van der Waals surface area contributed by atoms with Crippen LogP contribution in [0.3, 0.4) is 0 Å². The molecule has 0 bridgehead atoms. The summed E-state index contributed by atoms with van der Waals surface area (Å²) in [4.78, 5) is 13.1. The predicted molar refractivity (Wildman–Crippen MR) is 82.5 cm³/mol. The molecule has 110 valence electrons. The summed E-state index contributed by atoms with van der Waals surface area (Å²) in [6.07, 6.45) is 3.29. The maximum Gasteiger partial charge on any atom is 0.292 e. The van der Waals surface area contributed by atoms with Crippen molar-refractivity contribution in [3.05, 3.63) is 33.9 Å². The number of hydrogen-bond acceptors (Lipinski definition) is 3. The van der Waals surface area contributed by atoms with Crippen molar-refractivity contribution in [2.45, 2.75) is 39.0 Å². The number of anilines is 1. The molecule has 5 heteroatoms. The van der Waals surface area contributed by atoms with E-state index in [0.29, 0.717) is 11.3 Å². The Labute approximate surface area is 124 Å². The highest BCUT2D eigenvalue weighted by Gasteiger charge is 2.26. The molecule has 2 rings (SSSR count). The number of nitro groups is 1. The SMILES string of the molecule is CC1(C)CCCN(c2ccc(CCl)cc2[N+](=O)[O-])CC1.